The molecule has 1 unspecified atom stereocenters. The van der Waals surface area contributed by atoms with E-state index < -0.39 is 0 Å². The Morgan fingerprint density at radius 2 is 2.32 bits per heavy atom. The third kappa shape index (κ3) is 4.56. The predicted octanol–water partition coefficient (Wildman–Crippen LogP) is 2.30. The fourth-order valence-electron chi connectivity index (χ4n) is 2.59. The van der Waals surface area contributed by atoms with E-state index in [0.29, 0.717) is 6.04 Å². The van der Waals surface area contributed by atoms with Gasteiger partial charge in [0, 0.05) is 30.1 Å². The fraction of sp³-hybridized carbons (Fsp3) is 0.600. The van der Waals surface area contributed by atoms with Crippen LogP contribution < -0.4 is 5.32 Å². The highest BCUT2D eigenvalue weighted by molar-refractivity contribution is 9.10. The van der Waals surface area contributed by atoms with Crippen LogP contribution in [0.2, 0.25) is 0 Å². The number of nitrogens with one attached hydrogen (secondary N) is 1. The molecule has 1 aliphatic heterocycles. The molecule has 0 aromatic heterocycles. The normalized spacial score (nSPS) is 19.3. The zero-order chi connectivity index (χ0) is 13.7. The number of nitrogens with zero attached hydrogens (tertiary/aromatic N) is 1. The zero-order valence-corrected chi connectivity index (χ0v) is 13.1. The van der Waals surface area contributed by atoms with Gasteiger partial charge in [0.1, 0.15) is 0 Å². The molecule has 4 heteroatoms. The number of rotatable bonds is 6. The highest BCUT2D eigenvalue weighted by Crippen LogP contribution is 2.19. The molecule has 0 aliphatic carbocycles. The Balaban J connectivity index is 1.96. The fourth-order valence-corrected chi connectivity index (χ4v) is 3.02. The molecule has 1 fully saturated rings. The molecule has 0 amide bonds. The number of aliphatic hydroxyl groups is 1. The van der Waals surface area contributed by atoms with Crippen molar-refractivity contribution in [3.8, 4) is 0 Å². The molecule has 2 rings (SSSR count). The topological polar surface area (TPSA) is 35.5 Å². The lowest BCUT2D eigenvalue weighted by Gasteiger charge is -2.25. The molecular weight excluding hydrogens is 304 g/mol. The Hall–Kier alpha value is -0.420. The van der Waals surface area contributed by atoms with Crippen LogP contribution in [-0.4, -0.2) is 42.3 Å². The number of halogens is 1. The number of benzene rings is 1. The lowest BCUT2D eigenvalue weighted by atomic mass is 10.1. The van der Waals surface area contributed by atoms with E-state index in [0.717, 1.165) is 30.7 Å². The molecule has 1 aromatic carbocycles. The standard InChI is InChI=1S/C15H23BrN2O/c1-12-4-5-13(9-15(12)16)10-18(7-8-19)11-14-3-2-6-17-14/h4-5,9,14,17,19H,2-3,6-8,10-11H2,1H3. The van der Waals surface area contributed by atoms with Crippen LogP contribution in [0.15, 0.2) is 22.7 Å². The maximum Gasteiger partial charge on any atom is 0.0558 e. The van der Waals surface area contributed by atoms with E-state index in [4.69, 9.17) is 0 Å². The largest absolute Gasteiger partial charge is 0.395 e. The minimum absolute atomic E-state index is 0.222. The average Bonchev–Trinajstić information content (AvgIpc) is 2.87. The van der Waals surface area contributed by atoms with Crippen LogP contribution in [0.5, 0.6) is 0 Å². The van der Waals surface area contributed by atoms with Gasteiger partial charge < -0.3 is 10.4 Å². The van der Waals surface area contributed by atoms with Crippen molar-refractivity contribution < 1.29 is 5.11 Å². The zero-order valence-electron chi connectivity index (χ0n) is 11.5. The van der Waals surface area contributed by atoms with Crippen LogP contribution in [0.3, 0.4) is 0 Å². The summed E-state index contributed by atoms with van der Waals surface area (Å²) in [5, 5.41) is 12.7. The third-order valence-corrected chi connectivity index (χ3v) is 4.55. The highest BCUT2D eigenvalue weighted by Gasteiger charge is 2.17. The first-order chi connectivity index (χ1) is 9.19. The first-order valence-electron chi connectivity index (χ1n) is 7.00. The molecule has 1 atom stereocenters. The summed E-state index contributed by atoms with van der Waals surface area (Å²) < 4.78 is 1.16. The molecular formula is C15H23BrN2O. The SMILES string of the molecule is Cc1ccc(CN(CCO)CC2CCCN2)cc1Br. The van der Waals surface area contributed by atoms with Crippen molar-refractivity contribution in [3.63, 3.8) is 0 Å². The Morgan fingerprint density at radius 3 is 2.95 bits per heavy atom. The average molecular weight is 327 g/mol. The van der Waals surface area contributed by atoms with E-state index in [1.165, 1.54) is 24.0 Å². The second-order valence-corrected chi connectivity index (χ2v) is 6.19. The number of hydrogen-bond acceptors (Lipinski definition) is 3. The van der Waals surface area contributed by atoms with E-state index in [2.05, 4.69) is 51.3 Å². The van der Waals surface area contributed by atoms with Gasteiger partial charge in [0.2, 0.25) is 0 Å². The van der Waals surface area contributed by atoms with Crippen LogP contribution in [0.1, 0.15) is 24.0 Å². The summed E-state index contributed by atoms with van der Waals surface area (Å²) in [6.07, 6.45) is 2.52. The minimum atomic E-state index is 0.222. The third-order valence-electron chi connectivity index (χ3n) is 3.70. The van der Waals surface area contributed by atoms with E-state index in [1.54, 1.807) is 0 Å². The van der Waals surface area contributed by atoms with Crippen molar-refractivity contribution in [2.45, 2.75) is 32.4 Å². The molecule has 0 spiro atoms. The molecule has 1 aliphatic rings. The summed E-state index contributed by atoms with van der Waals surface area (Å²) >= 11 is 3.58. The lowest BCUT2D eigenvalue weighted by Crippen LogP contribution is -2.38. The first-order valence-corrected chi connectivity index (χ1v) is 7.80. The van der Waals surface area contributed by atoms with Gasteiger partial charge in [-0.05, 0) is 43.5 Å². The van der Waals surface area contributed by atoms with Gasteiger partial charge in [-0.25, -0.2) is 0 Å². The smallest absolute Gasteiger partial charge is 0.0558 e. The Bertz CT molecular complexity index is 405. The maximum absolute atomic E-state index is 9.22. The summed E-state index contributed by atoms with van der Waals surface area (Å²) in [7, 11) is 0. The predicted molar refractivity (Wildman–Crippen MR) is 82.3 cm³/mol. The molecule has 106 valence electrons. The van der Waals surface area contributed by atoms with Gasteiger partial charge in [-0.1, -0.05) is 28.1 Å². The lowest BCUT2D eigenvalue weighted by molar-refractivity contribution is 0.179. The molecule has 0 radical (unpaired) electrons. The van der Waals surface area contributed by atoms with Crippen molar-refractivity contribution in [1.29, 1.82) is 0 Å². The van der Waals surface area contributed by atoms with E-state index in [9.17, 15) is 5.11 Å². The van der Waals surface area contributed by atoms with Gasteiger partial charge in [-0.15, -0.1) is 0 Å². The molecule has 1 saturated heterocycles. The minimum Gasteiger partial charge on any atom is -0.395 e. The summed E-state index contributed by atoms with van der Waals surface area (Å²) in [6.45, 7) is 6.11. The maximum atomic E-state index is 9.22. The molecule has 19 heavy (non-hydrogen) atoms. The van der Waals surface area contributed by atoms with Crippen molar-refractivity contribution >= 4 is 15.9 Å². The quantitative estimate of drug-likeness (QED) is 0.842. The Kier molecular flexibility index (Phi) is 5.82. The monoisotopic (exact) mass is 326 g/mol. The van der Waals surface area contributed by atoms with Crippen LogP contribution in [0, 0.1) is 6.92 Å². The Labute approximate surface area is 124 Å². The van der Waals surface area contributed by atoms with Crippen molar-refractivity contribution in [2.24, 2.45) is 0 Å². The molecule has 0 bridgehead atoms. The van der Waals surface area contributed by atoms with Crippen LogP contribution in [-0.2, 0) is 6.54 Å². The van der Waals surface area contributed by atoms with Crippen molar-refractivity contribution in [3.05, 3.63) is 33.8 Å². The number of aliphatic hydroxyl groups excluding tert-OH is 1. The van der Waals surface area contributed by atoms with E-state index in [-0.39, 0.29) is 6.61 Å². The van der Waals surface area contributed by atoms with Crippen LogP contribution in [0.25, 0.3) is 0 Å². The number of hydrogen-bond donors (Lipinski definition) is 2. The van der Waals surface area contributed by atoms with Gasteiger partial charge >= 0.3 is 0 Å². The van der Waals surface area contributed by atoms with Crippen LogP contribution >= 0.6 is 15.9 Å². The van der Waals surface area contributed by atoms with Gasteiger partial charge in [0.05, 0.1) is 6.61 Å². The van der Waals surface area contributed by atoms with Crippen molar-refractivity contribution in [1.82, 2.24) is 10.2 Å². The molecule has 1 aromatic rings. The highest BCUT2D eigenvalue weighted by atomic mass is 79.9. The Morgan fingerprint density at radius 1 is 1.47 bits per heavy atom. The summed E-state index contributed by atoms with van der Waals surface area (Å²) in [5.74, 6) is 0. The molecule has 0 saturated carbocycles. The van der Waals surface area contributed by atoms with Crippen LogP contribution in [0.4, 0.5) is 0 Å². The van der Waals surface area contributed by atoms with E-state index >= 15 is 0 Å². The van der Waals surface area contributed by atoms with Gasteiger partial charge in [0.15, 0.2) is 0 Å². The van der Waals surface area contributed by atoms with Gasteiger partial charge in [-0.3, -0.25) is 4.90 Å². The molecule has 2 N–H and O–H groups in total. The summed E-state index contributed by atoms with van der Waals surface area (Å²) in [6, 6.07) is 7.08. The van der Waals surface area contributed by atoms with Crippen molar-refractivity contribution in [2.75, 3.05) is 26.2 Å². The van der Waals surface area contributed by atoms with E-state index in [1.807, 2.05) is 0 Å². The number of aryl methyl sites for hydroxylation is 1. The molecule has 1 heterocycles. The first kappa shape index (κ1) is 15.0. The second kappa shape index (κ2) is 7.39. The van der Waals surface area contributed by atoms with Gasteiger partial charge in [-0.2, -0.15) is 0 Å². The van der Waals surface area contributed by atoms with Gasteiger partial charge in [0.25, 0.3) is 0 Å². The molecule has 3 nitrogen and oxygen atoms in total. The second-order valence-electron chi connectivity index (χ2n) is 5.34. The summed E-state index contributed by atoms with van der Waals surface area (Å²) in [4.78, 5) is 2.33. The summed E-state index contributed by atoms with van der Waals surface area (Å²) in [5.41, 5.74) is 2.55.